The first-order chi connectivity index (χ1) is 15.9. The van der Waals surface area contributed by atoms with Gasteiger partial charge < -0.3 is 19.1 Å². The van der Waals surface area contributed by atoms with Gasteiger partial charge in [0, 0.05) is 12.2 Å². The molecule has 0 saturated carbocycles. The molecule has 0 bridgehead atoms. The molecule has 0 aromatic heterocycles. The average Bonchev–Trinajstić information content (AvgIpc) is 3.00. The molecule has 2 amide bonds. The zero-order valence-electron chi connectivity index (χ0n) is 21.5. The predicted octanol–water partition coefficient (Wildman–Crippen LogP) is 5.25. The molecule has 1 aliphatic heterocycles. The summed E-state index contributed by atoms with van der Waals surface area (Å²) < 4.78 is 16.5. The van der Waals surface area contributed by atoms with E-state index in [1.54, 1.807) is 32.8 Å². The molecule has 1 aliphatic rings. The lowest BCUT2D eigenvalue weighted by molar-refractivity contribution is -0.158. The molecule has 0 spiro atoms. The van der Waals surface area contributed by atoms with Crippen LogP contribution in [0.5, 0.6) is 11.5 Å². The van der Waals surface area contributed by atoms with Crippen molar-refractivity contribution in [1.29, 1.82) is 0 Å². The first kappa shape index (κ1) is 25.4. The van der Waals surface area contributed by atoms with Gasteiger partial charge in [-0.25, -0.2) is 9.59 Å². The Labute approximate surface area is 202 Å². The Bertz CT molecular complexity index is 1040. The molecule has 0 N–H and O–H groups in total. The van der Waals surface area contributed by atoms with E-state index < -0.39 is 11.6 Å². The molecule has 34 heavy (non-hydrogen) atoms. The van der Waals surface area contributed by atoms with Crippen LogP contribution in [-0.4, -0.2) is 48.3 Å². The van der Waals surface area contributed by atoms with Crippen LogP contribution in [0.3, 0.4) is 0 Å². The van der Waals surface area contributed by atoms with E-state index in [9.17, 15) is 9.59 Å². The molecule has 2 aromatic carbocycles. The minimum absolute atomic E-state index is 0.0331. The van der Waals surface area contributed by atoms with Crippen LogP contribution in [0, 0.1) is 13.8 Å². The molecule has 1 fully saturated rings. The summed E-state index contributed by atoms with van der Waals surface area (Å²) in [5.41, 5.74) is 2.22. The van der Waals surface area contributed by atoms with E-state index in [0.29, 0.717) is 25.4 Å². The summed E-state index contributed by atoms with van der Waals surface area (Å²) in [6.07, 6.45) is 0. The highest BCUT2D eigenvalue weighted by atomic mass is 16.6. The molecule has 3 rings (SSSR count). The van der Waals surface area contributed by atoms with Gasteiger partial charge in [-0.15, -0.1) is 0 Å². The van der Waals surface area contributed by atoms with Crippen LogP contribution in [0.15, 0.2) is 36.4 Å². The van der Waals surface area contributed by atoms with E-state index in [1.807, 2.05) is 55.1 Å². The van der Waals surface area contributed by atoms with Gasteiger partial charge in [-0.05, 0) is 89.4 Å². The van der Waals surface area contributed by atoms with Crippen molar-refractivity contribution in [3.8, 4) is 11.5 Å². The van der Waals surface area contributed by atoms with Gasteiger partial charge >= 0.3 is 12.0 Å². The maximum absolute atomic E-state index is 13.4. The van der Waals surface area contributed by atoms with Crippen LogP contribution in [0.25, 0.3) is 0 Å². The van der Waals surface area contributed by atoms with E-state index >= 15 is 0 Å². The SMILES string of the molecule is CCOC(=O)C(C)(C)Oc1c(C)cc(CN2C(=O)N(c3ccc(OC)cc3)CC2(C)C)cc1C. The summed E-state index contributed by atoms with van der Waals surface area (Å²) >= 11 is 0. The van der Waals surface area contributed by atoms with Crippen molar-refractivity contribution >= 4 is 17.7 Å². The first-order valence-corrected chi connectivity index (χ1v) is 11.6. The molecular weight excluding hydrogens is 432 g/mol. The van der Waals surface area contributed by atoms with Crippen LogP contribution in [0.1, 0.15) is 51.3 Å². The fourth-order valence-corrected chi connectivity index (χ4v) is 4.27. The number of ether oxygens (including phenoxy) is 3. The third-order valence-corrected chi connectivity index (χ3v) is 6.11. The van der Waals surface area contributed by atoms with Crippen LogP contribution in [0.2, 0.25) is 0 Å². The molecule has 1 heterocycles. The Balaban J connectivity index is 1.81. The number of aryl methyl sites for hydroxylation is 2. The minimum Gasteiger partial charge on any atom is -0.497 e. The molecule has 1 saturated heterocycles. The third-order valence-electron chi connectivity index (χ3n) is 6.11. The Morgan fingerprint density at radius 2 is 1.68 bits per heavy atom. The molecule has 0 aliphatic carbocycles. The Morgan fingerprint density at radius 1 is 1.09 bits per heavy atom. The Morgan fingerprint density at radius 3 is 2.21 bits per heavy atom. The summed E-state index contributed by atoms with van der Waals surface area (Å²) in [5.74, 6) is 1.01. The summed E-state index contributed by atoms with van der Waals surface area (Å²) in [6.45, 7) is 14.6. The lowest BCUT2D eigenvalue weighted by Crippen LogP contribution is -2.41. The number of hydrogen-bond donors (Lipinski definition) is 0. The number of esters is 1. The lowest BCUT2D eigenvalue weighted by Gasteiger charge is -2.30. The summed E-state index contributed by atoms with van der Waals surface area (Å²) in [7, 11) is 1.62. The number of amides is 2. The van der Waals surface area contributed by atoms with E-state index in [4.69, 9.17) is 14.2 Å². The van der Waals surface area contributed by atoms with Gasteiger partial charge in [0.05, 0.1) is 25.8 Å². The van der Waals surface area contributed by atoms with Crippen molar-refractivity contribution in [3.63, 3.8) is 0 Å². The number of hydrogen-bond acceptors (Lipinski definition) is 5. The highest BCUT2D eigenvalue weighted by molar-refractivity contribution is 5.95. The number of rotatable bonds is 8. The number of carbonyl (C=O) groups is 2. The fraction of sp³-hybridized carbons (Fsp3) is 0.481. The predicted molar refractivity (Wildman–Crippen MR) is 133 cm³/mol. The second kappa shape index (κ2) is 9.57. The summed E-state index contributed by atoms with van der Waals surface area (Å²) in [5, 5.41) is 0. The fourth-order valence-electron chi connectivity index (χ4n) is 4.27. The summed E-state index contributed by atoms with van der Waals surface area (Å²) in [4.78, 5) is 29.4. The zero-order valence-corrected chi connectivity index (χ0v) is 21.5. The van der Waals surface area contributed by atoms with Crippen molar-refractivity contribution in [2.45, 2.75) is 66.2 Å². The number of urea groups is 1. The van der Waals surface area contributed by atoms with Gasteiger partial charge in [0.1, 0.15) is 11.5 Å². The highest BCUT2D eigenvalue weighted by Gasteiger charge is 2.43. The summed E-state index contributed by atoms with van der Waals surface area (Å²) in [6, 6.07) is 11.5. The maximum atomic E-state index is 13.4. The van der Waals surface area contributed by atoms with Crippen LogP contribution >= 0.6 is 0 Å². The molecular formula is C27H36N2O5. The van der Waals surface area contributed by atoms with E-state index in [-0.39, 0.29) is 11.6 Å². The Hall–Kier alpha value is -3.22. The standard InChI is InChI=1S/C27H36N2O5/c1-9-33-24(30)27(6,7)34-23-18(2)14-20(15-19(23)3)16-29-25(31)28(17-26(29,4)5)21-10-12-22(32-8)13-11-21/h10-15H,9,16-17H2,1-8H3. The van der Waals surface area contributed by atoms with Crippen LogP contribution in [-0.2, 0) is 16.1 Å². The second-order valence-corrected chi connectivity index (χ2v) is 9.86. The monoisotopic (exact) mass is 468 g/mol. The Kier molecular flexibility index (Phi) is 7.15. The highest BCUT2D eigenvalue weighted by Crippen LogP contribution is 2.34. The number of carbonyl (C=O) groups excluding carboxylic acids is 2. The molecule has 0 atom stereocenters. The topological polar surface area (TPSA) is 68.3 Å². The normalized spacial score (nSPS) is 15.5. The van der Waals surface area contributed by atoms with Gasteiger partial charge in [0.25, 0.3) is 0 Å². The minimum atomic E-state index is -1.10. The van der Waals surface area contributed by atoms with Crippen molar-refractivity contribution in [3.05, 3.63) is 53.1 Å². The van der Waals surface area contributed by atoms with Crippen LogP contribution < -0.4 is 14.4 Å². The second-order valence-electron chi connectivity index (χ2n) is 9.86. The van der Waals surface area contributed by atoms with Crippen molar-refractivity contribution < 1.29 is 23.8 Å². The van der Waals surface area contributed by atoms with Gasteiger partial charge in [0.2, 0.25) is 0 Å². The van der Waals surface area contributed by atoms with Gasteiger partial charge in [-0.3, -0.25) is 4.90 Å². The molecule has 184 valence electrons. The van der Waals surface area contributed by atoms with Crippen molar-refractivity contribution in [2.24, 2.45) is 0 Å². The van der Waals surface area contributed by atoms with Gasteiger partial charge in [-0.2, -0.15) is 0 Å². The van der Waals surface area contributed by atoms with Crippen LogP contribution in [0.4, 0.5) is 10.5 Å². The van der Waals surface area contributed by atoms with Gasteiger partial charge in [-0.1, -0.05) is 12.1 Å². The van der Waals surface area contributed by atoms with E-state index in [0.717, 1.165) is 28.1 Å². The quantitative estimate of drug-likeness (QED) is 0.495. The van der Waals surface area contributed by atoms with E-state index in [1.165, 1.54) is 0 Å². The largest absolute Gasteiger partial charge is 0.497 e. The van der Waals surface area contributed by atoms with Gasteiger partial charge in [0.15, 0.2) is 5.60 Å². The molecule has 7 nitrogen and oxygen atoms in total. The smallest absolute Gasteiger partial charge is 0.349 e. The maximum Gasteiger partial charge on any atom is 0.349 e. The number of benzene rings is 2. The average molecular weight is 469 g/mol. The zero-order chi connectivity index (χ0) is 25.3. The third kappa shape index (κ3) is 5.13. The molecule has 0 unspecified atom stereocenters. The first-order valence-electron chi connectivity index (χ1n) is 11.6. The lowest BCUT2D eigenvalue weighted by atomic mass is 10.0. The van der Waals surface area contributed by atoms with Crippen molar-refractivity contribution in [2.75, 3.05) is 25.2 Å². The number of anilines is 1. The van der Waals surface area contributed by atoms with Crippen molar-refractivity contribution in [1.82, 2.24) is 4.90 Å². The van der Waals surface area contributed by atoms with E-state index in [2.05, 4.69) is 13.8 Å². The molecule has 0 radical (unpaired) electrons. The number of methoxy groups -OCH3 is 1. The molecule has 7 heteroatoms. The number of nitrogens with zero attached hydrogens (tertiary/aromatic N) is 2. The molecule has 2 aromatic rings.